The zero-order valence-electron chi connectivity index (χ0n) is 17.8. The number of rotatable bonds is 15. The molecule has 3 heteroatoms. The molecule has 0 fully saturated rings. The van der Waals surface area contributed by atoms with Gasteiger partial charge in [-0.25, -0.2) is 4.79 Å². The third-order valence-corrected chi connectivity index (χ3v) is 5.26. The average molecular weight is 377 g/mol. The molecule has 0 atom stereocenters. The van der Waals surface area contributed by atoms with E-state index in [1.165, 1.54) is 68.9 Å². The lowest BCUT2D eigenvalue weighted by atomic mass is 9.90. The van der Waals surface area contributed by atoms with Crippen molar-refractivity contribution < 1.29 is 14.6 Å². The summed E-state index contributed by atoms with van der Waals surface area (Å²) in [5.41, 5.74) is 3.90. The van der Waals surface area contributed by atoms with E-state index in [-0.39, 0.29) is 0 Å². The van der Waals surface area contributed by atoms with E-state index in [0.717, 1.165) is 37.7 Å². The molecule has 0 aliphatic carbocycles. The molecule has 27 heavy (non-hydrogen) atoms. The fraction of sp³-hybridized carbons (Fsp3) is 0.708. The maximum atomic E-state index is 11.2. The summed E-state index contributed by atoms with van der Waals surface area (Å²) in [6.45, 7) is 6.67. The first kappa shape index (κ1) is 23.5. The summed E-state index contributed by atoms with van der Waals surface area (Å²) in [5, 5.41) is 9.15. The molecule has 1 N–H and O–H groups in total. The van der Waals surface area contributed by atoms with Gasteiger partial charge in [-0.3, -0.25) is 0 Å². The Morgan fingerprint density at radius 2 is 1.30 bits per heavy atom. The normalized spacial score (nSPS) is 10.9. The summed E-state index contributed by atoms with van der Waals surface area (Å²) in [6.07, 6.45) is 15.3. The van der Waals surface area contributed by atoms with Crippen molar-refractivity contribution in [2.24, 2.45) is 0 Å². The highest BCUT2D eigenvalue weighted by molar-refractivity contribution is 5.63. The molecule has 1 aromatic carbocycles. The van der Waals surface area contributed by atoms with Gasteiger partial charge in [0.15, 0.2) is 0 Å². The quantitative estimate of drug-likeness (QED) is 0.193. The zero-order chi connectivity index (χ0) is 19.9. The first-order chi connectivity index (χ1) is 13.1. The van der Waals surface area contributed by atoms with Crippen LogP contribution in [0.5, 0.6) is 5.75 Å². The molecule has 0 spiro atoms. The minimum atomic E-state index is -1.21. The van der Waals surface area contributed by atoms with Crippen LogP contribution in [-0.4, -0.2) is 11.3 Å². The van der Waals surface area contributed by atoms with Crippen molar-refractivity contribution in [3.8, 4) is 5.75 Å². The molecular formula is C24H40O3. The molecule has 1 rings (SSSR count). The minimum Gasteiger partial charge on any atom is -0.449 e. The predicted octanol–water partition coefficient (Wildman–Crippen LogP) is 7.72. The Hall–Kier alpha value is -1.51. The predicted molar refractivity (Wildman–Crippen MR) is 114 cm³/mol. The van der Waals surface area contributed by atoms with E-state index < -0.39 is 6.16 Å². The smallest absolute Gasteiger partial charge is 0.449 e. The number of hydrogen-bond donors (Lipinski definition) is 1. The molecule has 154 valence electrons. The van der Waals surface area contributed by atoms with Crippen LogP contribution in [0.25, 0.3) is 0 Å². The van der Waals surface area contributed by atoms with Crippen LogP contribution in [0.1, 0.15) is 108 Å². The number of unbranched alkanes of at least 4 members (excludes halogenated alkanes) is 8. The highest BCUT2D eigenvalue weighted by Crippen LogP contribution is 2.30. The molecule has 0 saturated carbocycles. The summed E-state index contributed by atoms with van der Waals surface area (Å²) in [5.74, 6) is 0.557. The first-order valence-corrected chi connectivity index (χ1v) is 11.2. The lowest BCUT2D eigenvalue weighted by molar-refractivity contribution is 0.144. The van der Waals surface area contributed by atoms with Gasteiger partial charge in [-0.1, -0.05) is 84.6 Å². The maximum Gasteiger partial charge on any atom is 0.511 e. The molecule has 0 bridgehead atoms. The SMILES string of the molecule is CCCCCCCc1c(CCC)ccc(OC(=O)O)c1CCCCCCC. The van der Waals surface area contributed by atoms with Crippen LogP contribution in [0.2, 0.25) is 0 Å². The van der Waals surface area contributed by atoms with E-state index in [2.05, 4.69) is 26.8 Å². The van der Waals surface area contributed by atoms with Crippen molar-refractivity contribution in [1.29, 1.82) is 0 Å². The molecule has 3 nitrogen and oxygen atoms in total. The van der Waals surface area contributed by atoms with Gasteiger partial charge in [0.25, 0.3) is 0 Å². The summed E-state index contributed by atoms with van der Waals surface area (Å²) < 4.78 is 5.16. The molecule has 1 aromatic rings. The fourth-order valence-electron chi connectivity index (χ4n) is 3.81. The van der Waals surface area contributed by atoms with Gasteiger partial charge in [0.05, 0.1) is 0 Å². The van der Waals surface area contributed by atoms with E-state index >= 15 is 0 Å². The number of carbonyl (C=O) groups is 1. The van der Waals surface area contributed by atoms with Crippen LogP contribution < -0.4 is 4.74 Å². The monoisotopic (exact) mass is 376 g/mol. The molecule has 0 saturated heterocycles. The van der Waals surface area contributed by atoms with E-state index in [0.29, 0.717) is 5.75 Å². The van der Waals surface area contributed by atoms with E-state index in [4.69, 9.17) is 9.84 Å². The number of carboxylic acid groups (broad SMARTS) is 1. The van der Waals surface area contributed by atoms with Crippen molar-refractivity contribution in [2.75, 3.05) is 0 Å². The van der Waals surface area contributed by atoms with Gasteiger partial charge in [0.1, 0.15) is 5.75 Å². The highest BCUT2D eigenvalue weighted by atomic mass is 16.7. The van der Waals surface area contributed by atoms with Gasteiger partial charge in [0, 0.05) is 0 Å². The van der Waals surface area contributed by atoms with Crippen LogP contribution in [0.15, 0.2) is 12.1 Å². The van der Waals surface area contributed by atoms with E-state index in [1.54, 1.807) is 0 Å². The van der Waals surface area contributed by atoms with Gasteiger partial charge in [-0.05, 0) is 54.9 Å². The molecule has 0 unspecified atom stereocenters. The minimum absolute atomic E-state index is 0.557. The van der Waals surface area contributed by atoms with Gasteiger partial charge in [-0.15, -0.1) is 0 Å². The standard InChI is InChI=1S/C24H40O3/c1-4-7-9-11-13-16-21-20(15-6-3)18-19-23(27-24(25)26)22(21)17-14-12-10-8-5-2/h18-19H,4-17H2,1-3H3,(H,25,26). The molecule has 0 aliphatic heterocycles. The van der Waals surface area contributed by atoms with Crippen molar-refractivity contribution in [3.63, 3.8) is 0 Å². The Morgan fingerprint density at radius 3 is 1.81 bits per heavy atom. The molecule has 0 aromatic heterocycles. The van der Waals surface area contributed by atoms with Crippen LogP contribution in [-0.2, 0) is 19.3 Å². The summed E-state index contributed by atoms with van der Waals surface area (Å²) >= 11 is 0. The largest absolute Gasteiger partial charge is 0.511 e. The first-order valence-electron chi connectivity index (χ1n) is 11.2. The molecular weight excluding hydrogens is 336 g/mol. The second-order valence-corrected chi connectivity index (χ2v) is 7.63. The molecule has 0 radical (unpaired) electrons. The van der Waals surface area contributed by atoms with E-state index in [9.17, 15) is 4.79 Å². The van der Waals surface area contributed by atoms with Gasteiger partial charge in [0.2, 0.25) is 0 Å². The fourth-order valence-corrected chi connectivity index (χ4v) is 3.81. The topological polar surface area (TPSA) is 46.5 Å². The van der Waals surface area contributed by atoms with Gasteiger partial charge in [-0.2, -0.15) is 0 Å². The Morgan fingerprint density at radius 1 is 0.741 bits per heavy atom. The van der Waals surface area contributed by atoms with Crippen molar-refractivity contribution in [2.45, 2.75) is 111 Å². The van der Waals surface area contributed by atoms with Crippen molar-refractivity contribution in [3.05, 3.63) is 28.8 Å². The lowest BCUT2D eigenvalue weighted by Gasteiger charge is -2.18. The molecule has 0 heterocycles. The number of ether oxygens (including phenoxy) is 1. The van der Waals surface area contributed by atoms with Gasteiger partial charge < -0.3 is 9.84 Å². The number of benzene rings is 1. The van der Waals surface area contributed by atoms with Gasteiger partial charge >= 0.3 is 6.16 Å². The van der Waals surface area contributed by atoms with Crippen LogP contribution in [0, 0.1) is 0 Å². The Balaban J connectivity index is 2.96. The Bertz CT molecular complexity index is 537. The third kappa shape index (κ3) is 9.30. The summed E-state index contributed by atoms with van der Waals surface area (Å²) in [7, 11) is 0. The summed E-state index contributed by atoms with van der Waals surface area (Å²) in [4.78, 5) is 11.2. The number of aryl methyl sites for hydroxylation is 1. The zero-order valence-corrected chi connectivity index (χ0v) is 17.8. The second-order valence-electron chi connectivity index (χ2n) is 7.63. The van der Waals surface area contributed by atoms with Crippen molar-refractivity contribution in [1.82, 2.24) is 0 Å². The molecule has 0 aliphatic rings. The van der Waals surface area contributed by atoms with E-state index in [1.807, 2.05) is 6.07 Å². The maximum absolute atomic E-state index is 11.2. The number of hydrogen-bond acceptors (Lipinski definition) is 2. The van der Waals surface area contributed by atoms with Crippen LogP contribution in [0.4, 0.5) is 4.79 Å². The Labute approximate surface area is 166 Å². The lowest BCUT2D eigenvalue weighted by Crippen LogP contribution is -2.09. The second kappa shape index (κ2) is 14.5. The third-order valence-electron chi connectivity index (χ3n) is 5.26. The van der Waals surface area contributed by atoms with Crippen molar-refractivity contribution >= 4 is 6.16 Å². The Kier molecular flexibility index (Phi) is 12.7. The summed E-state index contributed by atoms with van der Waals surface area (Å²) in [6, 6.07) is 3.96. The molecule has 0 amide bonds. The van der Waals surface area contributed by atoms with Crippen LogP contribution in [0.3, 0.4) is 0 Å². The van der Waals surface area contributed by atoms with Crippen LogP contribution >= 0.6 is 0 Å². The average Bonchev–Trinajstić information content (AvgIpc) is 2.64. The highest BCUT2D eigenvalue weighted by Gasteiger charge is 2.16.